The number of epoxide rings is 7. The van der Waals surface area contributed by atoms with Crippen LogP contribution >= 0.6 is 0 Å². The van der Waals surface area contributed by atoms with Gasteiger partial charge in [0.1, 0.15) is 67.7 Å². The van der Waals surface area contributed by atoms with Gasteiger partial charge in [0.2, 0.25) is 11.2 Å². The Morgan fingerprint density at radius 3 is 2.18 bits per heavy atom. The van der Waals surface area contributed by atoms with E-state index >= 15 is 19.5 Å². The van der Waals surface area contributed by atoms with Crippen molar-refractivity contribution < 1.29 is 132 Å². The third kappa shape index (κ3) is 2.78. The summed E-state index contributed by atoms with van der Waals surface area (Å²) >= 11 is 0. The summed E-state index contributed by atoms with van der Waals surface area (Å²) in [6.45, 7) is 0. The molecule has 0 amide bonds. The molecule has 27 heteroatoms. The van der Waals surface area contributed by atoms with Gasteiger partial charge < -0.3 is 94.1 Å². The van der Waals surface area contributed by atoms with E-state index in [1.807, 2.05) is 0 Å². The molecule has 6 saturated carbocycles. The van der Waals surface area contributed by atoms with Gasteiger partial charge in [-0.2, -0.15) is 0 Å². The van der Waals surface area contributed by atoms with Gasteiger partial charge in [0.15, 0.2) is 28.2 Å². The van der Waals surface area contributed by atoms with E-state index in [0.717, 1.165) is 12.2 Å². The molecular weight excluding hydrogens is 1160 g/mol. The predicted molar refractivity (Wildman–Crippen MR) is 260 cm³/mol. The minimum absolute atomic E-state index is 0.00548. The Kier molecular flexibility index (Phi) is 5.41. The summed E-state index contributed by atoms with van der Waals surface area (Å²) in [6, 6.07) is 1.19. The van der Waals surface area contributed by atoms with E-state index in [2.05, 4.69) is 0 Å². The molecule has 0 aromatic heterocycles. The van der Waals surface area contributed by atoms with Gasteiger partial charge in [0, 0.05) is 65.1 Å². The number of aliphatic hydroxyl groups is 4. The fraction of sp³-hybridized carbons (Fsp3) is 0.475. The van der Waals surface area contributed by atoms with Crippen molar-refractivity contribution in [2.45, 2.75) is 115 Å². The number of carboxylic acids is 7. The minimum Gasteiger partial charge on any atom is -0.508 e. The number of fused-ring (bicyclic) bond motifs is 3. The van der Waals surface area contributed by atoms with Crippen LogP contribution in [0.4, 0.5) is 0 Å². The SMILES string of the molecule is O=C(O)C1=C2C3=C4C5c6c2cc(C(=O)O)c2c6[C@]6(O)C(C(O)C2)C(C(=O)O)C27OC2(C(=O)O)C2C(O)C8C=C(O)C=C9C(C(=O)O)C%10=C%11C(=O)OC%12=C(C(=O)O)C%13=C%14C%15(OC4%15[C@@]4(C%13)O[C@@]4(C(=O)O)C3C=C1)C1=C3C(C%10[C@]4(O[C@]984)[C@@]24O[C@]34C7[C@@]62O[C@@]152)[C@@]%141OC%12%111. The Balaban J connectivity index is 0.951. The van der Waals surface area contributed by atoms with Crippen molar-refractivity contribution in [2.75, 3.05) is 0 Å². The predicted octanol–water partition coefficient (Wildman–Crippen LogP) is -2.17. The lowest BCUT2D eigenvalue weighted by molar-refractivity contribution is -0.242. The maximum Gasteiger partial charge on any atom is 0.342 e. The van der Waals surface area contributed by atoms with Crippen LogP contribution in [0.2, 0.25) is 0 Å². The van der Waals surface area contributed by atoms with Gasteiger partial charge in [0.05, 0.1) is 46.7 Å². The lowest BCUT2D eigenvalue weighted by atomic mass is 9.24. The number of hydrogen-bond acceptors (Lipinski definition) is 20. The maximum absolute atomic E-state index is 15.6. The van der Waals surface area contributed by atoms with Crippen molar-refractivity contribution in [1.29, 1.82) is 0 Å². The van der Waals surface area contributed by atoms with Crippen molar-refractivity contribution in [1.82, 2.24) is 0 Å². The summed E-state index contributed by atoms with van der Waals surface area (Å²) in [7, 11) is 0. The fourth-order valence-corrected chi connectivity index (χ4v) is 27.9. The molecule has 0 bridgehead atoms. The average Bonchev–Trinajstić information content (AvgIpc) is 1.33. The van der Waals surface area contributed by atoms with Crippen molar-refractivity contribution in [3.63, 3.8) is 0 Å². The number of rotatable bonds is 7. The molecule has 1 aromatic rings. The van der Waals surface area contributed by atoms with Crippen molar-refractivity contribution in [3.05, 3.63) is 131 Å². The second-order valence-corrected chi connectivity index (χ2v) is 29.1. The van der Waals surface area contributed by atoms with Gasteiger partial charge in [-0.05, 0) is 73.9 Å². The van der Waals surface area contributed by atoms with Crippen LogP contribution in [-0.4, -0.2) is 195 Å². The summed E-state index contributed by atoms with van der Waals surface area (Å²) < 4.78 is 59.1. The fourth-order valence-electron chi connectivity index (χ4n) is 27.9. The van der Waals surface area contributed by atoms with E-state index in [9.17, 15) is 75.0 Å². The molecule has 26 rings (SSSR count). The zero-order valence-corrected chi connectivity index (χ0v) is 43.7. The first-order chi connectivity index (χ1) is 41.8. The minimum atomic E-state index is -3.06. The Bertz CT molecular complexity index is 4930. The molecule has 8 saturated heterocycles. The van der Waals surface area contributed by atoms with Crippen molar-refractivity contribution in [3.8, 4) is 0 Å². The molecule has 27 nitrogen and oxygen atoms in total. The third-order valence-corrected chi connectivity index (χ3v) is 28.6. The quantitative estimate of drug-likeness (QED) is 0.0786. The second-order valence-electron chi connectivity index (χ2n) is 29.1. The first kappa shape index (κ1) is 45.3. The number of hydrogen-bond donors (Lipinski definition) is 11. The first-order valence-corrected chi connectivity index (χ1v) is 29.1. The normalized spacial score (nSPS) is 60.0. The zero-order valence-electron chi connectivity index (χ0n) is 43.7. The van der Waals surface area contributed by atoms with Crippen LogP contribution in [0.1, 0.15) is 45.0 Å². The molecule has 17 aliphatic carbocycles. The molecule has 11 N–H and O–H groups in total. The van der Waals surface area contributed by atoms with Crippen LogP contribution in [0, 0.1) is 53.3 Å². The molecule has 88 heavy (non-hydrogen) atoms. The highest BCUT2D eigenvalue weighted by Gasteiger charge is 3.23. The highest BCUT2D eigenvalue weighted by molar-refractivity contribution is 6.14. The number of benzene rings is 1. The van der Waals surface area contributed by atoms with Crippen LogP contribution < -0.4 is 0 Å². The van der Waals surface area contributed by atoms with E-state index < -0.39 is 250 Å². The van der Waals surface area contributed by atoms with E-state index in [1.165, 1.54) is 18.2 Å². The van der Waals surface area contributed by atoms with Crippen LogP contribution in [0.5, 0.6) is 0 Å². The molecule has 25 aliphatic rings. The van der Waals surface area contributed by atoms with Gasteiger partial charge in [-0.25, -0.2) is 28.8 Å². The Morgan fingerprint density at radius 1 is 0.727 bits per heavy atom. The lowest BCUT2D eigenvalue weighted by Gasteiger charge is -2.72. The number of carboxylic acid groups (broad SMARTS) is 7. The molecule has 27 atom stereocenters. The number of ether oxygens (including phenoxy) is 8. The number of aliphatic carboxylic acids is 6. The average molecular weight is 1200 g/mol. The topological polar surface area (TPSA) is 456 Å². The molecule has 0 radical (unpaired) electrons. The largest absolute Gasteiger partial charge is 0.508 e. The summed E-state index contributed by atoms with van der Waals surface area (Å²) in [5.74, 6) is -32.7. The van der Waals surface area contributed by atoms with Crippen molar-refractivity contribution in [2.24, 2.45) is 53.3 Å². The monoisotopic (exact) mass is 1200 g/mol. The molecule has 1 aromatic carbocycles. The second kappa shape index (κ2) is 10.5. The number of esters is 1. The zero-order chi connectivity index (χ0) is 59.6. The Morgan fingerprint density at radius 2 is 1.48 bits per heavy atom. The molecule has 12 spiro atoms. The van der Waals surface area contributed by atoms with Crippen LogP contribution in [-0.2, 0) is 83.5 Å². The summed E-state index contributed by atoms with van der Waals surface area (Å²) in [4.78, 5) is 119. The first-order valence-electron chi connectivity index (χ1n) is 29.1. The molecule has 8 heterocycles. The summed E-state index contributed by atoms with van der Waals surface area (Å²) in [5.41, 5.74) is -40.7. The molecule has 14 fully saturated rings. The number of allylic oxidation sites excluding steroid dienone is 2. The molecular formula is C61H32O27. The molecule has 438 valence electrons. The van der Waals surface area contributed by atoms with Crippen LogP contribution in [0.25, 0.3) is 5.57 Å². The number of carbonyl (C=O) groups excluding carboxylic acids is 1. The number of carbonyl (C=O) groups is 8. The summed E-state index contributed by atoms with van der Waals surface area (Å²) in [5, 5.41) is 138. The van der Waals surface area contributed by atoms with Gasteiger partial charge in [-0.3, -0.25) is 9.59 Å². The van der Waals surface area contributed by atoms with Crippen molar-refractivity contribution >= 4 is 53.3 Å². The van der Waals surface area contributed by atoms with Crippen LogP contribution in [0.15, 0.2) is 103 Å². The third-order valence-electron chi connectivity index (χ3n) is 28.6. The Hall–Kier alpha value is -7.96. The van der Waals surface area contributed by atoms with Gasteiger partial charge in [-0.1, -0.05) is 12.2 Å². The Labute approximate surface area is 483 Å². The lowest BCUT2D eigenvalue weighted by Crippen LogP contribution is -2.88. The van der Waals surface area contributed by atoms with E-state index in [-0.39, 0.29) is 72.4 Å². The number of aliphatic hydroxyl groups excluding tert-OH is 3. The van der Waals surface area contributed by atoms with Crippen LogP contribution in [0.3, 0.4) is 0 Å². The van der Waals surface area contributed by atoms with Gasteiger partial charge >= 0.3 is 47.8 Å². The van der Waals surface area contributed by atoms with E-state index in [4.69, 9.17) is 37.9 Å². The highest BCUT2D eigenvalue weighted by atomic mass is 16.8. The maximum atomic E-state index is 15.6. The summed E-state index contributed by atoms with van der Waals surface area (Å²) in [6.07, 6.45) is -0.855. The smallest absolute Gasteiger partial charge is 0.342 e. The molecule has 17 unspecified atom stereocenters. The highest BCUT2D eigenvalue weighted by Crippen LogP contribution is 3.08. The standard InChI is InChI=1S/C61H32O27/c62-8-3-15-22(41(71)72)23-28-30-31-35-52-26-19-12(18-9(38(65)66)1-2-14-21(18)27(26)58-47(50(14,82-47)45(76)77)7-13-20(40(69)70)37-53(29(23)43(75)81-37)51(30,83-53)34(13)56(35,58)88-58)5-11(39(67)68)10-6-17(63)25-32(42(73)74)54-44(61(52,86-52)48(25,80)24(10)19)55(31)60(87-55)36(57(54,84-54)46(78)79)33(64)16(4-8)49(15)59(28,60)85-49/h1-5,14,16-17,22,25-26,28,30,32-33,36,44,62-64,80H,6-7H2,(H,65,66)(H,67,68)(H,69,70)(H,71,72)(H,73,74)(H,76,77)(H,78,79)/t14?,16?,17?,22?,25?,26?,28?,30?,32?,33?,36?,44?,47-,48-,49+,50+,51+,52+,53?,54?,55-,56?,57?,58?,59+,60+,61+/m0/s1. The van der Waals surface area contributed by atoms with E-state index in [1.54, 1.807) is 0 Å². The number of aromatic carboxylic acids is 1. The van der Waals surface area contributed by atoms with Gasteiger partial charge in [0.25, 0.3) is 0 Å². The van der Waals surface area contributed by atoms with E-state index in [0.29, 0.717) is 0 Å². The molecule has 8 aliphatic heterocycles. The van der Waals surface area contributed by atoms with Gasteiger partial charge in [-0.15, -0.1) is 0 Å².